The highest BCUT2D eigenvalue weighted by Crippen LogP contribution is 2.36. The molecule has 2 aromatic heterocycles. The molecule has 0 atom stereocenters. The molecule has 2 heterocycles. The van der Waals surface area contributed by atoms with Gasteiger partial charge in [-0.05, 0) is 75.1 Å². The minimum Gasteiger partial charge on any atom is -0.489 e. The van der Waals surface area contributed by atoms with Gasteiger partial charge in [-0.3, -0.25) is 4.79 Å². The van der Waals surface area contributed by atoms with Gasteiger partial charge in [-0.2, -0.15) is 4.98 Å². The summed E-state index contributed by atoms with van der Waals surface area (Å²) >= 11 is 0. The molecular weight excluding hydrogens is 512 g/mol. The van der Waals surface area contributed by atoms with Crippen molar-refractivity contribution in [1.82, 2.24) is 15.0 Å². The van der Waals surface area contributed by atoms with E-state index in [-0.39, 0.29) is 18.0 Å². The molecular formula is C33H40N6O2. The average Bonchev–Trinajstić information content (AvgIpc) is 3.39. The largest absolute Gasteiger partial charge is 0.489 e. The maximum absolute atomic E-state index is 13.0. The first kappa shape index (κ1) is 27.1. The van der Waals surface area contributed by atoms with Crippen molar-refractivity contribution in [3.05, 3.63) is 71.5 Å². The Kier molecular flexibility index (Phi) is 7.81. The summed E-state index contributed by atoms with van der Waals surface area (Å²) in [6.07, 6.45) is 10.2. The van der Waals surface area contributed by atoms with Gasteiger partial charge in [0.15, 0.2) is 0 Å². The maximum Gasteiger partial charge on any atom is 0.225 e. The smallest absolute Gasteiger partial charge is 0.225 e. The predicted molar refractivity (Wildman–Crippen MR) is 165 cm³/mol. The molecule has 1 fully saturated rings. The number of rotatable bonds is 8. The Morgan fingerprint density at radius 2 is 1.80 bits per heavy atom. The zero-order valence-electron chi connectivity index (χ0n) is 24.3. The number of benzene rings is 2. The monoisotopic (exact) mass is 552 g/mol. The lowest BCUT2D eigenvalue weighted by Crippen LogP contribution is -2.43. The molecule has 0 radical (unpaired) electrons. The van der Waals surface area contributed by atoms with Crippen molar-refractivity contribution in [2.75, 3.05) is 29.2 Å². The summed E-state index contributed by atoms with van der Waals surface area (Å²) in [5.74, 6) is 2.63. The minimum atomic E-state index is 0.0616. The topological polar surface area (TPSA) is 86.4 Å². The number of H-pyrrole nitrogens is 1. The second kappa shape index (κ2) is 11.8. The second-order valence-corrected chi connectivity index (χ2v) is 11.6. The zero-order valence-corrected chi connectivity index (χ0v) is 24.3. The lowest BCUT2D eigenvalue weighted by atomic mass is 9.89. The fraction of sp³-hybridized carbons (Fsp3) is 0.424. The molecule has 8 nitrogen and oxygen atoms in total. The van der Waals surface area contributed by atoms with Crippen LogP contribution in [0, 0.1) is 0 Å². The van der Waals surface area contributed by atoms with E-state index in [0.717, 1.165) is 78.2 Å². The maximum atomic E-state index is 13.0. The third kappa shape index (κ3) is 5.87. The van der Waals surface area contributed by atoms with Crippen molar-refractivity contribution in [2.24, 2.45) is 0 Å². The first-order valence-corrected chi connectivity index (χ1v) is 14.9. The number of aromatic amines is 1. The van der Waals surface area contributed by atoms with Gasteiger partial charge < -0.3 is 24.8 Å². The fourth-order valence-corrected chi connectivity index (χ4v) is 6.41. The van der Waals surface area contributed by atoms with Gasteiger partial charge in [-0.15, -0.1) is 0 Å². The summed E-state index contributed by atoms with van der Waals surface area (Å²) < 4.78 is 6.10. The molecule has 0 aliphatic heterocycles. The molecule has 8 heteroatoms. The molecule has 41 heavy (non-hydrogen) atoms. The Bertz CT molecular complexity index is 1510. The SMILES string of the molecule is CC(=O)N(c1c[nH]c2ccc(OCc3ccccc3)cc12)C1CCC(Nc2nc3c(c(N(C)C)n2)CCCC3)CC1. The zero-order chi connectivity index (χ0) is 28.3. The van der Waals surface area contributed by atoms with Crippen LogP contribution in [0.25, 0.3) is 10.9 Å². The van der Waals surface area contributed by atoms with Crippen LogP contribution in [-0.2, 0) is 24.2 Å². The highest BCUT2D eigenvalue weighted by molar-refractivity contribution is 6.03. The van der Waals surface area contributed by atoms with E-state index in [4.69, 9.17) is 14.7 Å². The number of carbonyl (C=O) groups excluding carboxylic acids is 1. The van der Waals surface area contributed by atoms with Gasteiger partial charge in [0.05, 0.1) is 11.4 Å². The molecule has 0 saturated heterocycles. The normalized spacial score (nSPS) is 18.5. The van der Waals surface area contributed by atoms with Gasteiger partial charge in [0, 0.05) is 55.8 Å². The summed E-state index contributed by atoms with van der Waals surface area (Å²) in [4.78, 5) is 30.3. The van der Waals surface area contributed by atoms with Gasteiger partial charge in [0.2, 0.25) is 11.9 Å². The molecule has 214 valence electrons. The standard InChI is InChI=1S/C33H40N6O2/c1-22(40)39(31-20-34-29-18-17-26(19-28(29)31)41-21-23-9-5-4-6-10-23)25-15-13-24(14-16-25)35-33-36-30-12-8-7-11-27(30)32(37-33)38(2)3/h4-6,9-10,17-20,24-25,34H,7-8,11-16,21H2,1-3H3,(H,35,36,37). The van der Waals surface area contributed by atoms with Crippen LogP contribution in [-0.4, -0.2) is 47.0 Å². The number of hydrogen-bond donors (Lipinski definition) is 2. The van der Waals surface area contributed by atoms with Gasteiger partial charge in [-0.1, -0.05) is 30.3 Å². The Morgan fingerprint density at radius 1 is 1.02 bits per heavy atom. The van der Waals surface area contributed by atoms with Crippen LogP contribution < -0.4 is 19.9 Å². The Labute approximate surface area is 242 Å². The molecule has 0 spiro atoms. The number of ether oxygens (including phenoxy) is 1. The summed E-state index contributed by atoms with van der Waals surface area (Å²) in [5.41, 5.74) is 5.54. The first-order valence-electron chi connectivity index (χ1n) is 14.9. The number of aryl methyl sites for hydroxylation is 1. The van der Waals surface area contributed by atoms with E-state index >= 15 is 0 Å². The van der Waals surface area contributed by atoms with Crippen LogP contribution in [0.2, 0.25) is 0 Å². The van der Waals surface area contributed by atoms with Crippen molar-refractivity contribution in [3.8, 4) is 5.75 Å². The number of carbonyl (C=O) groups is 1. The molecule has 2 N–H and O–H groups in total. The van der Waals surface area contributed by atoms with Crippen LogP contribution in [0.5, 0.6) is 5.75 Å². The Balaban J connectivity index is 1.15. The molecule has 2 aromatic carbocycles. The highest BCUT2D eigenvalue weighted by Gasteiger charge is 2.30. The van der Waals surface area contributed by atoms with Gasteiger partial charge in [0.1, 0.15) is 18.2 Å². The molecule has 1 amide bonds. The number of anilines is 3. The first-order chi connectivity index (χ1) is 20.0. The number of aromatic nitrogens is 3. The van der Waals surface area contributed by atoms with E-state index in [1.54, 1.807) is 6.92 Å². The number of nitrogens with one attached hydrogen (secondary N) is 2. The molecule has 2 aliphatic rings. The Morgan fingerprint density at radius 3 is 2.56 bits per heavy atom. The van der Waals surface area contributed by atoms with Crippen LogP contribution in [0.3, 0.4) is 0 Å². The Hall–Kier alpha value is -4.07. The average molecular weight is 553 g/mol. The molecule has 1 saturated carbocycles. The van der Waals surface area contributed by atoms with E-state index in [1.807, 2.05) is 47.5 Å². The van der Waals surface area contributed by atoms with Crippen molar-refractivity contribution in [1.29, 1.82) is 0 Å². The summed E-state index contributed by atoms with van der Waals surface area (Å²) in [6, 6.07) is 16.6. The van der Waals surface area contributed by atoms with E-state index in [9.17, 15) is 4.79 Å². The van der Waals surface area contributed by atoms with Gasteiger partial charge >= 0.3 is 0 Å². The van der Waals surface area contributed by atoms with Gasteiger partial charge in [0.25, 0.3) is 0 Å². The van der Waals surface area contributed by atoms with E-state index in [1.165, 1.54) is 24.1 Å². The third-order valence-corrected chi connectivity index (χ3v) is 8.46. The second-order valence-electron chi connectivity index (χ2n) is 11.6. The quantitative estimate of drug-likeness (QED) is 0.268. The summed E-state index contributed by atoms with van der Waals surface area (Å²) in [6.45, 7) is 2.17. The number of hydrogen-bond acceptors (Lipinski definition) is 6. The summed E-state index contributed by atoms with van der Waals surface area (Å²) in [7, 11) is 4.12. The van der Waals surface area contributed by atoms with E-state index in [2.05, 4.69) is 41.4 Å². The lowest BCUT2D eigenvalue weighted by molar-refractivity contribution is -0.117. The number of amides is 1. The van der Waals surface area contributed by atoms with E-state index < -0.39 is 0 Å². The van der Waals surface area contributed by atoms with Crippen LogP contribution in [0.1, 0.15) is 62.3 Å². The van der Waals surface area contributed by atoms with E-state index in [0.29, 0.717) is 6.61 Å². The van der Waals surface area contributed by atoms with Crippen LogP contribution in [0.4, 0.5) is 17.5 Å². The van der Waals surface area contributed by atoms with Crippen LogP contribution >= 0.6 is 0 Å². The van der Waals surface area contributed by atoms with Gasteiger partial charge in [-0.25, -0.2) is 4.98 Å². The predicted octanol–water partition coefficient (Wildman–Crippen LogP) is 6.26. The highest BCUT2D eigenvalue weighted by atomic mass is 16.5. The lowest BCUT2D eigenvalue weighted by Gasteiger charge is -2.36. The number of nitrogens with zero attached hydrogens (tertiary/aromatic N) is 4. The van der Waals surface area contributed by atoms with Crippen molar-refractivity contribution in [2.45, 2.75) is 77.0 Å². The fourth-order valence-electron chi connectivity index (χ4n) is 6.41. The summed E-state index contributed by atoms with van der Waals surface area (Å²) in [5, 5.41) is 4.64. The molecule has 2 aliphatic carbocycles. The van der Waals surface area contributed by atoms with Crippen LogP contribution in [0.15, 0.2) is 54.7 Å². The molecule has 6 rings (SSSR count). The van der Waals surface area contributed by atoms with Crippen molar-refractivity contribution < 1.29 is 9.53 Å². The van der Waals surface area contributed by atoms with Crippen molar-refractivity contribution >= 4 is 34.3 Å². The molecule has 0 unspecified atom stereocenters. The minimum absolute atomic E-state index is 0.0616. The van der Waals surface area contributed by atoms with Crippen molar-refractivity contribution in [3.63, 3.8) is 0 Å². The molecule has 4 aromatic rings. The molecule has 0 bridgehead atoms. The third-order valence-electron chi connectivity index (χ3n) is 8.46. The number of fused-ring (bicyclic) bond motifs is 2.